The molecular formula is C22H23F4N3O2. The second-order valence-electron chi connectivity index (χ2n) is 7.58. The van der Waals surface area contributed by atoms with Crippen molar-refractivity contribution in [3.05, 3.63) is 65.7 Å². The van der Waals surface area contributed by atoms with E-state index in [2.05, 4.69) is 10.3 Å². The zero-order chi connectivity index (χ0) is 22.4. The molecule has 0 bridgehead atoms. The zero-order valence-electron chi connectivity index (χ0n) is 16.7. The van der Waals surface area contributed by atoms with Gasteiger partial charge < -0.3 is 10.2 Å². The van der Waals surface area contributed by atoms with Gasteiger partial charge in [0.05, 0.1) is 0 Å². The molecule has 2 aromatic rings. The van der Waals surface area contributed by atoms with Crippen molar-refractivity contribution in [2.45, 2.75) is 56.9 Å². The van der Waals surface area contributed by atoms with E-state index in [9.17, 15) is 27.2 Å². The minimum Gasteiger partial charge on any atom is -0.351 e. The van der Waals surface area contributed by atoms with Gasteiger partial charge in [-0.15, -0.1) is 0 Å². The number of nitrogens with zero attached hydrogens (tertiary/aromatic N) is 2. The van der Waals surface area contributed by atoms with Crippen LogP contribution in [0.4, 0.5) is 17.6 Å². The summed E-state index contributed by atoms with van der Waals surface area (Å²) in [5.41, 5.74) is 0.478. The number of rotatable bonds is 6. The second-order valence-corrected chi connectivity index (χ2v) is 7.58. The first kappa shape index (κ1) is 22.7. The highest BCUT2D eigenvalue weighted by Gasteiger charge is 2.46. The lowest BCUT2D eigenvalue weighted by atomic mass is 9.94. The van der Waals surface area contributed by atoms with Crippen LogP contribution in [-0.2, 0) is 16.1 Å². The smallest absolute Gasteiger partial charge is 0.351 e. The SMILES string of the molecule is O=C(NC1CCCCC1)[C@H](c1ccncc1)N(Cc1ccc(F)cc1)C(=O)C(F)(F)F. The summed E-state index contributed by atoms with van der Waals surface area (Å²) in [7, 11) is 0. The first-order valence-corrected chi connectivity index (χ1v) is 10.1. The van der Waals surface area contributed by atoms with Crippen molar-refractivity contribution >= 4 is 11.8 Å². The molecule has 1 aliphatic rings. The third-order valence-corrected chi connectivity index (χ3v) is 5.30. The number of benzene rings is 1. The predicted octanol–water partition coefficient (Wildman–Crippen LogP) is 4.30. The summed E-state index contributed by atoms with van der Waals surface area (Å²) in [6, 6.07) is 5.91. The summed E-state index contributed by atoms with van der Waals surface area (Å²) in [5, 5.41) is 2.82. The van der Waals surface area contributed by atoms with E-state index in [1.807, 2.05) is 0 Å². The summed E-state index contributed by atoms with van der Waals surface area (Å²) < 4.78 is 53.7. The Morgan fingerprint density at radius 1 is 1.03 bits per heavy atom. The molecule has 1 aromatic heterocycles. The van der Waals surface area contributed by atoms with Gasteiger partial charge in [0.2, 0.25) is 5.91 Å². The molecule has 9 heteroatoms. The summed E-state index contributed by atoms with van der Waals surface area (Å²) in [5.74, 6) is -3.38. The Kier molecular flexibility index (Phi) is 7.25. The highest BCUT2D eigenvalue weighted by Crippen LogP contribution is 2.30. The maximum absolute atomic E-state index is 13.5. The van der Waals surface area contributed by atoms with E-state index < -0.39 is 36.4 Å². The van der Waals surface area contributed by atoms with Crippen LogP contribution < -0.4 is 5.32 Å². The van der Waals surface area contributed by atoms with E-state index in [0.717, 1.165) is 44.2 Å². The van der Waals surface area contributed by atoms with E-state index >= 15 is 0 Å². The van der Waals surface area contributed by atoms with E-state index in [4.69, 9.17) is 0 Å². The van der Waals surface area contributed by atoms with Crippen LogP contribution in [0.5, 0.6) is 0 Å². The van der Waals surface area contributed by atoms with Crippen molar-refractivity contribution < 1.29 is 27.2 Å². The van der Waals surface area contributed by atoms with Crippen LogP contribution in [0.15, 0.2) is 48.8 Å². The normalized spacial score (nSPS) is 15.9. The van der Waals surface area contributed by atoms with Gasteiger partial charge >= 0.3 is 12.1 Å². The summed E-state index contributed by atoms with van der Waals surface area (Å²) >= 11 is 0. The molecule has 1 fully saturated rings. The van der Waals surface area contributed by atoms with Gasteiger partial charge in [0, 0.05) is 25.0 Å². The van der Waals surface area contributed by atoms with Gasteiger partial charge in [0.15, 0.2) is 0 Å². The minimum absolute atomic E-state index is 0.153. The molecule has 0 aliphatic heterocycles. The van der Waals surface area contributed by atoms with E-state index in [0.29, 0.717) is 4.90 Å². The number of pyridine rings is 1. The molecule has 0 spiro atoms. The first-order valence-electron chi connectivity index (χ1n) is 10.1. The van der Waals surface area contributed by atoms with Crippen molar-refractivity contribution in [2.75, 3.05) is 0 Å². The first-order chi connectivity index (χ1) is 14.8. The monoisotopic (exact) mass is 437 g/mol. The van der Waals surface area contributed by atoms with Crippen LogP contribution in [-0.4, -0.2) is 33.9 Å². The Morgan fingerprint density at radius 2 is 1.65 bits per heavy atom. The lowest BCUT2D eigenvalue weighted by Gasteiger charge is -2.33. The number of aromatic nitrogens is 1. The molecule has 0 unspecified atom stereocenters. The molecule has 1 aliphatic carbocycles. The predicted molar refractivity (Wildman–Crippen MR) is 105 cm³/mol. The van der Waals surface area contributed by atoms with Crippen LogP contribution >= 0.6 is 0 Å². The van der Waals surface area contributed by atoms with Gasteiger partial charge in [-0.25, -0.2) is 4.39 Å². The van der Waals surface area contributed by atoms with Crippen molar-refractivity contribution in [3.8, 4) is 0 Å². The van der Waals surface area contributed by atoms with Crippen LogP contribution in [0.2, 0.25) is 0 Å². The van der Waals surface area contributed by atoms with Gasteiger partial charge in [-0.3, -0.25) is 14.6 Å². The van der Waals surface area contributed by atoms with E-state index in [1.165, 1.54) is 36.7 Å². The molecule has 1 saturated carbocycles. The number of hydrogen-bond donors (Lipinski definition) is 1. The highest BCUT2D eigenvalue weighted by molar-refractivity contribution is 5.90. The fraction of sp³-hybridized carbons (Fsp3) is 0.409. The summed E-state index contributed by atoms with van der Waals surface area (Å²) in [6.07, 6.45) is 1.88. The van der Waals surface area contributed by atoms with E-state index in [1.54, 1.807) is 0 Å². The number of alkyl halides is 3. The molecule has 0 radical (unpaired) electrons. The summed E-state index contributed by atoms with van der Waals surface area (Å²) in [6.45, 7) is -0.510. The molecule has 1 heterocycles. The quantitative estimate of drug-likeness (QED) is 0.686. The molecular weight excluding hydrogens is 414 g/mol. The standard InChI is InChI=1S/C22H23F4N3O2/c23-17-8-6-15(7-9-17)14-29(21(31)22(24,25)26)19(16-10-12-27-13-11-16)20(30)28-18-4-2-1-3-5-18/h6-13,18-19H,1-5,14H2,(H,28,30)/t19-/m0/s1. The van der Waals surface area contributed by atoms with Crippen molar-refractivity contribution in [1.29, 1.82) is 0 Å². The molecule has 1 atom stereocenters. The molecule has 5 nitrogen and oxygen atoms in total. The molecule has 166 valence electrons. The van der Waals surface area contributed by atoms with Crippen molar-refractivity contribution in [1.82, 2.24) is 15.2 Å². The maximum Gasteiger partial charge on any atom is 0.471 e. The van der Waals surface area contributed by atoms with Gasteiger partial charge in [-0.05, 0) is 48.2 Å². The minimum atomic E-state index is -5.18. The van der Waals surface area contributed by atoms with Crippen molar-refractivity contribution in [3.63, 3.8) is 0 Å². The number of carbonyl (C=O) groups is 2. The van der Waals surface area contributed by atoms with E-state index in [-0.39, 0.29) is 17.2 Å². The molecule has 0 saturated heterocycles. The molecule has 1 N–H and O–H groups in total. The summed E-state index contributed by atoms with van der Waals surface area (Å²) in [4.78, 5) is 29.9. The lowest BCUT2D eigenvalue weighted by molar-refractivity contribution is -0.189. The number of amides is 2. The fourth-order valence-electron chi connectivity index (χ4n) is 3.78. The number of halogens is 4. The fourth-order valence-corrected chi connectivity index (χ4v) is 3.78. The van der Waals surface area contributed by atoms with Crippen LogP contribution in [0.25, 0.3) is 0 Å². The number of hydrogen-bond acceptors (Lipinski definition) is 3. The maximum atomic E-state index is 13.5. The van der Waals surface area contributed by atoms with Crippen LogP contribution in [0.3, 0.4) is 0 Å². The van der Waals surface area contributed by atoms with Gasteiger partial charge in [0.25, 0.3) is 0 Å². The largest absolute Gasteiger partial charge is 0.471 e. The average Bonchev–Trinajstić information content (AvgIpc) is 2.75. The second kappa shape index (κ2) is 9.89. The molecule has 1 aromatic carbocycles. The van der Waals surface area contributed by atoms with Crippen LogP contribution in [0.1, 0.15) is 49.3 Å². The van der Waals surface area contributed by atoms with Crippen molar-refractivity contribution in [2.24, 2.45) is 0 Å². The Balaban J connectivity index is 1.97. The van der Waals surface area contributed by atoms with Crippen LogP contribution in [0, 0.1) is 5.82 Å². The Morgan fingerprint density at radius 3 is 2.23 bits per heavy atom. The number of nitrogens with one attached hydrogen (secondary N) is 1. The average molecular weight is 437 g/mol. The lowest BCUT2D eigenvalue weighted by Crippen LogP contribution is -2.50. The Bertz CT molecular complexity index is 882. The van der Waals surface area contributed by atoms with Gasteiger partial charge in [-0.1, -0.05) is 31.4 Å². The molecule has 31 heavy (non-hydrogen) atoms. The third-order valence-electron chi connectivity index (χ3n) is 5.30. The van der Waals surface area contributed by atoms with Gasteiger partial charge in [-0.2, -0.15) is 13.2 Å². The Hall–Kier alpha value is -2.97. The van der Waals surface area contributed by atoms with Gasteiger partial charge in [0.1, 0.15) is 11.9 Å². The Labute approximate surface area is 177 Å². The highest BCUT2D eigenvalue weighted by atomic mass is 19.4. The zero-order valence-corrected chi connectivity index (χ0v) is 16.7. The third kappa shape index (κ3) is 6.02. The topological polar surface area (TPSA) is 62.3 Å². The molecule has 2 amide bonds. The number of carbonyl (C=O) groups excluding carboxylic acids is 2. The molecule has 3 rings (SSSR count).